The van der Waals surface area contributed by atoms with Crippen LogP contribution < -0.4 is 0 Å². The molecule has 1 unspecified atom stereocenters. The molecule has 0 aliphatic carbocycles. The van der Waals surface area contributed by atoms with Crippen molar-refractivity contribution in [2.24, 2.45) is 0 Å². The molecule has 0 saturated heterocycles. The number of rotatable bonds is 4. The fourth-order valence-corrected chi connectivity index (χ4v) is 1.83. The van der Waals surface area contributed by atoms with Gasteiger partial charge in [-0.3, -0.25) is 4.98 Å². The molecule has 72 valence electrons. The fourth-order valence-electron chi connectivity index (χ4n) is 1.83. The lowest BCUT2D eigenvalue weighted by Gasteiger charge is -2.28. The number of hydrogen-bond acceptors (Lipinski definition) is 1. The summed E-state index contributed by atoms with van der Waals surface area (Å²) in [5.74, 6) is 0. The first kappa shape index (κ1) is 10.2. The van der Waals surface area contributed by atoms with E-state index in [4.69, 9.17) is 0 Å². The van der Waals surface area contributed by atoms with Crippen LogP contribution in [0.5, 0.6) is 0 Å². The third-order valence-electron chi connectivity index (χ3n) is 2.96. The van der Waals surface area contributed by atoms with Gasteiger partial charge in [0.25, 0.3) is 0 Å². The summed E-state index contributed by atoms with van der Waals surface area (Å²) in [5, 5.41) is 0. The molecule has 13 heavy (non-hydrogen) atoms. The van der Waals surface area contributed by atoms with Crippen molar-refractivity contribution in [3.8, 4) is 0 Å². The second kappa shape index (κ2) is 4.40. The fraction of sp³-hybridized carbons (Fsp3) is 0.583. The van der Waals surface area contributed by atoms with Crippen LogP contribution in [0.4, 0.5) is 0 Å². The molecule has 0 bridgehead atoms. The highest BCUT2D eigenvalue weighted by Crippen LogP contribution is 2.31. The Morgan fingerprint density at radius 3 is 2.31 bits per heavy atom. The van der Waals surface area contributed by atoms with Crippen LogP contribution in [0.15, 0.2) is 24.5 Å². The van der Waals surface area contributed by atoms with E-state index in [0.717, 1.165) is 0 Å². The van der Waals surface area contributed by atoms with Crippen molar-refractivity contribution in [2.45, 2.75) is 45.4 Å². The normalized spacial score (nSPS) is 15.3. The Hall–Kier alpha value is -0.850. The van der Waals surface area contributed by atoms with Gasteiger partial charge in [-0.05, 0) is 36.0 Å². The molecule has 0 radical (unpaired) electrons. The smallest absolute Gasteiger partial charge is 0.0270 e. The molecule has 0 aliphatic rings. The topological polar surface area (TPSA) is 12.9 Å². The van der Waals surface area contributed by atoms with Crippen molar-refractivity contribution in [3.05, 3.63) is 30.1 Å². The Labute approximate surface area is 81.2 Å². The molecule has 1 heteroatoms. The zero-order valence-corrected chi connectivity index (χ0v) is 8.88. The molecular weight excluding hydrogens is 158 g/mol. The van der Waals surface area contributed by atoms with Gasteiger partial charge >= 0.3 is 0 Å². The highest BCUT2D eigenvalue weighted by Gasteiger charge is 2.22. The summed E-state index contributed by atoms with van der Waals surface area (Å²) in [6.07, 6.45) is 7.48. The number of pyridine rings is 1. The molecule has 0 amide bonds. The molecule has 0 spiro atoms. The molecule has 0 saturated carbocycles. The first-order valence-electron chi connectivity index (χ1n) is 5.13. The molecule has 0 N–H and O–H groups in total. The molecular formula is C12H19N. The maximum absolute atomic E-state index is 4.05. The van der Waals surface area contributed by atoms with E-state index in [-0.39, 0.29) is 0 Å². The summed E-state index contributed by atoms with van der Waals surface area (Å²) in [7, 11) is 0. The average molecular weight is 177 g/mol. The van der Waals surface area contributed by atoms with Crippen LogP contribution in [0.1, 0.15) is 45.6 Å². The van der Waals surface area contributed by atoms with Crippen LogP contribution in [-0.4, -0.2) is 4.98 Å². The van der Waals surface area contributed by atoms with E-state index in [1.54, 1.807) is 0 Å². The second-order valence-corrected chi connectivity index (χ2v) is 3.90. The third kappa shape index (κ3) is 2.30. The molecule has 1 aromatic rings. The van der Waals surface area contributed by atoms with Crippen LogP contribution >= 0.6 is 0 Å². The van der Waals surface area contributed by atoms with Gasteiger partial charge in [-0.1, -0.05) is 27.2 Å². The molecule has 0 aromatic carbocycles. The van der Waals surface area contributed by atoms with E-state index in [1.807, 2.05) is 12.4 Å². The predicted octanol–water partition coefficient (Wildman–Crippen LogP) is 3.55. The Morgan fingerprint density at radius 2 is 1.85 bits per heavy atom. The highest BCUT2D eigenvalue weighted by molar-refractivity contribution is 5.21. The van der Waals surface area contributed by atoms with Gasteiger partial charge in [-0.15, -0.1) is 0 Å². The highest BCUT2D eigenvalue weighted by atomic mass is 14.6. The standard InChI is InChI=1S/C12H19N/c1-4-8-12(3,5-2)11-6-9-13-10-7-11/h6-7,9-10H,4-5,8H2,1-3H3. The zero-order chi connectivity index (χ0) is 9.73. The number of nitrogens with zero attached hydrogens (tertiary/aromatic N) is 1. The van der Waals surface area contributed by atoms with Gasteiger partial charge in [0.15, 0.2) is 0 Å². The first-order valence-corrected chi connectivity index (χ1v) is 5.13. The van der Waals surface area contributed by atoms with Crippen molar-refractivity contribution in [1.29, 1.82) is 0 Å². The summed E-state index contributed by atoms with van der Waals surface area (Å²) >= 11 is 0. The molecule has 1 atom stereocenters. The summed E-state index contributed by atoms with van der Waals surface area (Å²) in [6, 6.07) is 4.28. The molecule has 1 rings (SSSR count). The Morgan fingerprint density at radius 1 is 1.23 bits per heavy atom. The van der Waals surface area contributed by atoms with Crippen molar-refractivity contribution in [1.82, 2.24) is 4.98 Å². The lowest BCUT2D eigenvalue weighted by Crippen LogP contribution is -2.20. The number of hydrogen-bond donors (Lipinski definition) is 0. The predicted molar refractivity (Wildman–Crippen MR) is 56.8 cm³/mol. The van der Waals surface area contributed by atoms with Gasteiger partial charge in [-0.2, -0.15) is 0 Å². The van der Waals surface area contributed by atoms with Crippen LogP contribution in [-0.2, 0) is 5.41 Å². The Bertz CT molecular complexity index is 243. The molecule has 1 heterocycles. The minimum atomic E-state index is 0.345. The van der Waals surface area contributed by atoms with E-state index in [9.17, 15) is 0 Å². The SMILES string of the molecule is CCCC(C)(CC)c1ccncc1. The van der Waals surface area contributed by atoms with Gasteiger partial charge in [0, 0.05) is 12.4 Å². The maximum atomic E-state index is 4.05. The lowest BCUT2D eigenvalue weighted by atomic mass is 9.77. The second-order valence-electron chi connectivity index (χ2n) is 3.90. The molecule has 1 aromatic heterocycles. The largest absolute Gasteiger partial charge is 0.265 e. The van der Waals surface area contributed by atoms with E-state index < -0.39 is 0 Å². The summed E-state index contributed by atoms with van der Waals surface area (Å²) in [4.78, 5) is 4.05. The van der Waals surface area contributed by atoms with E-state index >= 15 is 0 Å². The van der Waals surface area contributed by atoms with Gasteiger partial charge in [-0.25, -0.2) is 0 Å². The minimum absolute atomic E-state index is 0.345. The maximum Gasteiger partial charge on any atom is 0.0270 e. The van der Waals surface area contributed by atoms with Crippen molar-refractivity contribution >= 4 is 0 Å². The van der Waals surface area contributed by atoms with Crippen molar-refractivity contribution < 1.29 is 0 Å². The summed E-state index contributed by atoms with van der Waals surface area (Å²) in [5.41, 5.74) is 1.77. The van der Waals surface area contributed by atoms with E-state index in [2.05, 4.69) is 37.9 Å². The average Bonchev–Trinajstić information content (AvgIpc) is 2.19. The van der Waals surface area contributed by atoms with Gasteiger partial charge in [0.05, 0.1) is 0 Å². The molecule has 0 fully saturated rings. The van der Waals surface area contributed by atoms with Gasteiger partial charge in [0.1, 0.15) is 0 Å². The van der Waals surface area contributed by atoms with Gasteiger partial charge in [0.2, 0.25) is 0 Å². The quantitative estimate of drug-likeness (QED) is 0.685. The third-order valence-corrected chi connectivity index (χ3v) is 2.96. The lowest BCUT2D eigenvalue weighted by molar-refractivity contribution is 0.413. The Balaban J connectivity index is 2.89. The molecule has 1 nitrogen and oxygen atoms in total. The zero-order valence-electron chi connectivity index (χ0n) is 8.88. The van der Waals surface area contributed by atoms with Crippen LogP contribution in [0.25, 0.3) is 0 Å². The van der Waals surface area contributed by atoms with Crippen molar-refractivity contribution in [2.75, 3.05) is 0 Å². The van der Waals surface area contributed by atoms with Gasteiger partial charge < -0.3 is 0 Å². The molecule has 0 aliphatic heterocycles. The first-order chi connectivity index (χ1) is 6.23. The summed E-state index contributed by atoms with van der Waals surface area (Å²) < 4.78 is 0. The van der Waals surface area contributed by atoms with Crippen LogP contribution in [0, 0.1) is 0 Å². The number of aromatic nitrogens is 1. The Kier molecular flexibility index (Phi) is 3.47. The minimum Gasteiger partial charge on any atom is -0.265 e. The van der Waals surface area contributed by atoms with Crippen LogP contribution in [0.3, 0.4) is 0 Å². The summed E-state index contributed by atoms with van der Waals surface area (Å²) in [6.45, 7) is 6.84. The van der Waals surface area contributed by atoms with E-state index in [0.29, 0.717) is 5.41 Å². The van der Waals surface area contributed by atoms with Crippen molar-refractivity contribution in [3.63, 3.8) is 0 Å². The van der Waals surface area contributed by atoms with E-state index in [1.165, 1.54) is 24.8 Å². The monoisotopic (exact) mass is 177 g/mol. The van der Waals surface area contributed by atoms with Crippen LogP contribution in [0.2, 0.25) is 0 Å².